The van der Waals surface area contributed by atoms with E-state index in [1.54, 1.807) is 6.92 Å². The van der Waals surface area contributed by atoms with Gasteiger partial charge in [-0.05, 0) is 19.1 Å². The highest BCUT2D eigenvalue weighted by Crippen LogP contribution is 2.11. The largest absolute Gasteiger partial charge is 0.465 e. The van der Waals surface area contributed by atoms with Crippen LogP contribution < -0.4 is 5.73 Å². The van der Waals surface area contributed by atoms with Gasteiger partial charge in [0.25, 0.3) is 0 Å². The fourth-order valence-corrected chi connectivity index (χ4v) is 1.08. The first kappa shape index (κ1) is 12.0. The molecule has 0 bridgehead atoms. The number of esters is 2. The van der Waals surface area contributed by atoms with Gasteiger partial charge in [-0.2, -0.15) is 0 Å². The Kier molecular flexibility index (Phi) is 3.82. The Morgan fingerprint density at radius 2 is 2.06 bits per heavy atom. The van der Waals surface area contributed by atoms with E-state index in [0.29, 0.717) is 0 Å². The molecule has 0 spiro atoms. The van der Waals surface area contributed by atoms with Crippen molar-refractivity contribution in [1.82, 2.24) is 4.98 Å². The predicted molar refractivity (Wildman–Crippen MR) is 55.9 cm³/mol. The van der Waals surface area contributed by atoms with Crippen molar-refractivity contribution < 1.29 is 19.1 Å². The van der Waals surface area contributed by atoms with Crippen LogP contribution in [0.2, 0.25) is 0 Å². The molecule has 86 valence electrons. The summed E-state index contributed by atoms with van der Waals surface area (Å²) < 4.78 is 9.23. The number of anilines is 1. The number of carbonyl (C=O) groups is 2. The Hall–Kier alpha value is -2.11. The first-order valence-electron chi connectivity index (χ1n) is 4.62. The summed E-state index contributed by atoms with van der Waals surface area (Å²) >= 11 is 0. The molecule has 2 N–H and O–H groups in total. The lowest BCUT2D eigenvalue weighted by atomic mass is 10.2. The first-order chi connectivity index (χ1) is 7.60. The molecule has 16 heavy (non-hydrogen) atoms. The van der Waals surface area contributed by atoms with Gasteiger partial charge >= 0.3 is 11.9 Å². The molecule has 1 aromatic heterocycles. The maximum atomic E-state index is 11.3. The van der Waals surface area contributed by atoms with Gasteiger partial charge in [-0.1, -0.05) is 0 Å². The minimum absolute atomic E-state index is 0.0580. The van der Waals surface area contributed by atoms with E-state index >= 15 is 0 Å². The summed E-state index contributed by atoms with van der Waals surface area (Å²) in [7, 11) is 1.24. The normalized spacial score (nSPS) is 9.62. The number of methoxy groups -OCH3 is 1. The van der Waals surface area contributed by atoms with E-state index in [-0.39, 0.29) is 23.7 Å². The van der Waals surface area contributed by atoms with E-state index in [9.17, 15) is 9.59 Å². The number of nitrogens with zero attached hydrogens (tertiary/aromatic N) is 1. The summed E-state index contributed by atoms with van der Waals surface area (Å²) in [6, 6.07) is 2.74. The van der Waals surface area contributed by atoms with Crippen LogP contribution in [0, 0.1) is 0 Å². The monoisotopic (exact) mass is 224 g/mol. The lowest BCUT2D eigenvalue weighted by molar-refractivity contribution is 0.0517. The van der Waals surface area contributed by atoms with Gasteiger partial charge in [-0.3, -0.25) is 0 Å². The standard InChI is InChI=1S/C10H12N2O4/c1-3-16-10(14)7-5-4-6(8(11)12-7)9(13)15-2/h4-5H,3H2,1-2H3,(H2,11,12). The van der Waals surface area contributed by atoms with Crippen molar-refractivity contribution >= 4 is 17.8 Å². The molecule has 6 heteroatoms. The number of pyridine rings is 1. The topological polar surface area (TPSA) is 91.5 Å². The van der Waals surface area contributed by atoms with Gasteiger partial charge in [0.2, 0.25) is 0 Å². The number of aromatic nitrogens is 1. The van der Waals surface area contributed by atoms with Gasteiger partial charge in [0.15, 0.2) is 5.69 Å². The van der Waals surface area contributed by atoms with Gasteiger partial charge in [0.1, 0.15) is 11.4 Å². The number of nitrogens with two attached hydrogens (primary N) is 1. The Balaban J connectivity index is 2.99. The minimum atomic E-state index is -0.597. The van der Waals surface area contributed by atoms with Crippen molar-refractivity contribution in [3.63, 3.8) is 0 Å². The van der Waals surface area contributed by atoms with Crippen molar-refractivity contribution in [3.8, 4) is 0 Å². The molecule has 0 aromatic carbocycles. The summed E-state index contributed by atoms with van der Waals surface area (Å²) in [6.45, 7) is 1.93. The Bertz CT molecular complexity index is 417. The third-order valence-corrected chi connectivity index (χ3v) is 1.81. The van der Waals surface area contributed by atoms with Gasteiger partial charge in [0, 0.05) is 0 Å². The molecule has 0 atom stereocenters. The average molecular weight is 224 g/mol. The smallest absolute Gasteiger partial charge is 0.356 e. The Labute approximate surface area is 92.4 Å². The molecule has 1 heterocycles. The van der Waals surface area contributed by atoms with Crippen LogP contribution in [-0.2, 0) is 9.47 Å². The van der Waals surface area contributed by atoms with Crippen molar-refractivity contribution in [2.75, 3.05) is 19.5 Å². The second-order valence-corrected chi connectivity index (χ2v) is 2.84. The molecule has 0 aliphatic heterocycles. The van der Waals surface area contributed by atoms with Gasteiger partial charge in [-0.15, -0.1) is 0 Å². The lowest BCUT2D eigenvalue weighted by Gasteiger charge is -2.05. The van der Waals surface area contributed by atoms with Crippen molar-refractivity contribution in [2.24, 2.45) is 0 Å². The van der Waals surface area contributed by atoms with Crippen molar-refractivity contribution in [2.45, 2.75) is 6.92 Å². The molecule has 0 aliphatic rings. The Morgan fingerprint density at radius 1 is 1.38 bits per heavy atom. The molecule has 0 fully saturated rings. The van der Waals surface area contributed by atoms with Crippen LogP contribution in [0.25, 0.3) is 0 Å². The van der Waals surface area contributed by atoms with Gasteiger partial charge in [-0.25, -0.2) is 14.6 Å². The van der Waals surface area contributed by atoms with E-state index in [1.165, 1.54) is 19.2 Å². The molecule has 0 saturated carbocycles. The van der Waals surface area contributed by atoms with E-state index in [1.807, 2.05) is 0 Å². The summed E-state index contributed by atoms with van der Waals surface area (Å²) in [5.41, 5.74) is 5.70. The van der Waals surface area contributed by atoms with Crippen LogP contribution in [0.15, 0.2) is 12.1 Å². The molecule has 6 nitrogen and oxygen atoms in total. The third-order valence-electron chi connectivity index (χ3n) is 1.81. The first-order valence-corrected chi connectivity index (χ1v) is 4.62. The maximum Gasteiger partial charge on any atom is 0.356 e. The van der Waals surface area contributed by atoms with Crippen LogP contribution in [0.3, 0.4) is 0 Å². The third kappa shape index (κ3) is 2.47. The number of hydrogen-bond donors (Lipinski definition) is 1. The number of hydrogen-bond acceptors (Lipinski definition) is 6. The Morgan fingerprint density at radius 3 is 2.56 bits per heavy atom. The van der Waals surface area contributed by atoms with E-state index in [2.05, 4.69) is 9.72 Å². The molecule has 0 saturated heterocycles. The zero-order valence-corrected chi connectivity index (χ0v) is 9.02. The quantitative estimate of drug-likeness (QED) is 0.757. The zero-order chi connectivity index (χ0) is 12.1. The molecular formula is C10H12N2O4. The zero-order valence-electron chi connectivity index (χ0n) is 9.02. The van der Waals surface area contributed by atoms with Crippen LogP contribution in [0.1, 0.15) is 27.8 Å². The summed E-state index contributed by atoms with van der Waals surface area (Å²) in [4.78, 5) is 26.2. The second kappa shape index (κ2) is 5.11. The molecule has 1 rings (SSSR count). The molecule has 0 radical (unpaired) electrons. The van der Waals surface area contributed by atoms with Crippen LogP contribution in [0.4, 0.5) is 5.82 Å². The fraction of sp³-hybridized carbons (Fsp3) is 0.300. The summed E-state index contributed by atoms with van der Waals surface area (Å²) in [5, 5.41) is 0. The highest BCUT2D eigenvalue weighted by atomic mass is 16.5. The number of carbonyl (C=O) groups excluding carboxylic acids is 2. The van der Waals surface area contributed by atoms with E-state index < -0.39 is 11.9 Å². The van der Waals surface area contributed by atoms with Gasteiger partial charge in [0.05, 0.1) is 13.7 Å². The van der Waals surface area contributed by atoms with E-state index in [0.717, 1.165) is 0 Å². The van der Waals surface area contributed by atoms with Crippen LogP contribution in [-0.4, -0.2) is 30.6 Å². The molecule has 0 unspecified atom stereocenters. The highest BCUT2D eigenvalue weighted by Gasteiger charge is 2.15. The fourth-order valence-electron chi connectivity index (χ4n) is 1.08. The molecule has 1 aromatic rings. The summed E-state index contributed by atoms with van der Waals surface area (Å²) in [5.74, 6) is -1.23. The predicted octanol–water partition coefficient (Wildman–Crippen LogP) is 0.627. The second-order valence-electron chi connectivity index (χ2n) is 2.84. The van der Waals surface area contributed by atoms with E-state index in [4.69, 9.17) is 10.5 Å². The average Bonchev–Trinajstić information content (AvgIpc) is 2.28. The molecular weight excluding hydrogens is 212 g/mol. The van der Waals surface area contributed by atoms with Gasteiger partial charge < -0.3 is 15.2 Å². The SMILES string of the molecule is CCOC(=O)c1ccc(C(=O)OC)c(N)n1. The highest BCUT2D eigenvalue weighted by molar-refractivity contribution is 5.95. The lowest BCUT2D eigenvalue weighted by Crippen LogP contribution is -2.12. The molecule has 0 aliphatic carbocycles. The number of rotatable bonds is 3. The minimum Gasteiger partial charge on any atom is -0.465 e. The summed E-state index contributed by atoms with van der Waals surface area (Å²) in [6.07, 6.45) is 0. The number of ether oxygens (including phenoxy) is 2. The van der Waals surface area contributed by atoms with Crippen LogP contribution in [0.5, 0.6) is 0 Å². The van der Waals surface area contributed by atoms with Crippen molar-refractivity contribution in [1.29, 1.82) is 0 Å². The number of nitrogen functional groups attached to an aromatic ring is 1. The van der Waals surface area contributed by atoms with Crippen LogP contribution >= 0.6 is 0 Å². The maximum absolute atomic E-state index is 11.3. The molecule has 0 amide bonds. The van der Waals surface area contributed by atoms with Crippen molar-refractivity contribution in [3.05, 3.63) is 23.4 Å².